The zero-order valence-corrected chi connectivity index (χ0v) is 18.1. The largest absolute Gasteiger partial charge is 0.381 e. The summed E-state index contributed by atoms with van der Waals surface area (Å²) in [5, 5.41) is 10.4. The van der Waals surface area contributed by atoms with E-state index in [-0.39, 0.29) is 17.2 Å². The van der Waals surface area contributed by atoms with Gasteiger partial charge in [0.15, 0.2) is 5.82 Å². The van der Waals surface area contributed by atoms with Gasteiger partial charge in [0, 0.05) is 45.0 Å². The molecule has 0 radical (unpaired) electrons. The Morgan fingerprint density at radius 3 is 2.66 bits per heavy atom. The van der Waals surface area contributed by atoms with Gasteiger partial charge < -0.3 is 15.2 Å². The molecule has 2 aromatic rings. The summed E-state index contributed by atoms with van der Waals surface area (Å²) in [6, 6.07) is 3.87. The fourth-order valence-electron chi connectivity index (χ4n) is 2.69. The molecule has 9 nitrogen and oxygen atoms in total. The van der Waals surface area contributed by atoms with Gasteiger partial charge in [-0.25, -0.2) is 15.0 Å². The lowest BCUT2D eigenvalue weighted by Gasteiger charge is -2.23. The van der Waals surface area contributed by atoms with E-state index in [1.54, 1.807) is 24.1 Å². The van der Waals surface area contributed by atoms with Gasteiger partial charge in [0.1, 0.15) is 5.69 Å². The Morgan fingerprint density at radius 2 is 2.07 bits per heavy atom. The van der Waals surface area contributed by atoms with Crippen LogP contribution in [0, 0.1) is 10.3 Å². The van der Waals surface area contributed by atoms with Crippen LogP contribution in [0.5, 0.6) is 0 Å². The molecule has 0 aromatic carbocycles. The summed E-state index contributed by atoms with van der Waals surface area (Å²) in [5.74, 6) is 0.388. The Balaban J connectivity index is 2.02. The standard InChI is InChI=1S/C20H31N7O2/c1-14(9-10-21-19(28)17-11-26(5)13-23-17)15-7-8-16(22-12-20(2,3)4)18(24-15)27(6)25-29/h7-8,11,13-14,22H,9-10,12H2,1-6H3,(H,21,28)/t14-/m1/s1. The maximum Gasteiger partial charge on any atom is 0.271 e. The minimum atomic E-state index is -0.196. The van der Waals surface area contributed by atoms with E-state index in [9.17, 15) is 9.70 Å². The SMILES string of the molecule is C[C@H](CCNC(=O)c1cn(C)cn1)c1ccc(NCC(C)(C)C)c(N(C)N=O)n1. The van der Waals surface area contributed by atoms with Gasteiger partial charge in [0.05, 0.1) is 17.3 Å². The molecule has 0 aliphatic heterocycles. The van der Waals surface area contributed by atoms with E-state index in [0.29, 0.717) is 24.5 Å². The van der Waals surface area contributed by atoms with E-state index >= 15 is 0 Å². The fraction of sp³-hybridized carbons (Fsp3) is 0.550. The first-order chi connectivity index (χ1) is 13.6. The number of aromatic nitrogens is 3. The second-order valence-electron chi connectivity index (χ2n) is 8.50. The van der Waals surface area contributed by atoms with Crippen LogP contribution in [0.4, 0.5) is 11.5 Å². The Morgan fingerprint density at radius 1 is 1.34 bits per heavy atom. The van der Waals surface area contributed by atoms with Crippen LogP contribution in [0.3, 0.4) is 0 Å². The van der Waals surface area contributed by atoms with Crippen LogP contribution in [0.25, 0.3) is 0 Å². The summed E-state index contributed by atoms with van der Waals surface area (Å²) in [6.07, 6.45) is 3.98. The van der Waals surface area contributed by atoms with E-state index in [0.717, 1.165) is 17.9 Å². The highest BCUT2D eigenvalue weighted by molar-refractivity contribution is 5.91. The van der Waals surface area contributed by atoms with Crippen molar-refractivity contribution in [1.82, 2.24) is 19.9 Å². The van der Waals surface area contributed by atoms with Crippen molar-refractivity contribution in [2.75, 3.05) is 30.5 Å². The molecule has 0 saturated heterocycles. The summed E-state index contributed by atoms with van der Waals surface area (Å²) in [5.41, 5.74) is 2.08. The quantitative estimate of drug-likeness (QED) is 0.493. The van der Waals surface area contributed by atoms with Crippen molar-refractivity contribution in [1.29, 1.82) is 0 Å². The van der Waals surface area contributed by atoms with E-state index in [4.69, 9.17) is 0 Å². The molecule has 2 rings (SSSR count). The molecule has 2 aromatic heterocycles. The topological polar surface area (TPSA) is 105 Å². The van der Waals surface area contributed by atoms with Gasteiger partial charge in [-0.1, -0.05) is 27.7 Å². The molecule has 0 unspecified atom stereocenters. The van der Waals surface area contributed by atoms with Crippen LogP contribution < -0.4 is 15.6 Å². The lowest BCUT2D eigenvalue weighted by molar-refractivity contribution is 0.0948. The second-order valence-corrected chi connectivity index (χ2v) is 8.50. The molecule has 0 bridgehead atoms. The molecule has 1 atom stereocenters. The number of amides is 1. The molecule has 2 N–H and O–H groups in total. The van der Waals surface area contributed by atoms with Crippen LogP contribution in [0.15, 0.2) is 29.9 Å². The van der Waals surface area contributed by atoms with Crippen molar-refractivity contribution in [3.8, 4) is 0 Å². The highest BCUT2D eigenvalue weighted by Gasteiger charge is 2.17. The predicted molar refractivity (Wildman–Crippen MR) is 115 cm³/mol. The number of hydrogen-bond donors (Lipinski definition) is 2. The minimum Gasteiger partial charge on any atom is -0.381 e. The summed E-state index contributed by atoms with van der Waals surface area (Å²) < 4.78 is 1.73. The maximum atomic E-state index is 12.1. The van der Waals surface area contributed by atoms with Crippen LogP contribution in [0.2, 0.25) is 0 Å². The van der Waals surface area contributed by atoms with Crippen LogP contribution in [-0.4, -0.2) is 40.6 Å². The summed E-state index contributed by atoms with van der Waals surface area (Å²) >= 11 is 0. The Bertz CT molecular complexity index is 842. The van der Waals surface area contributed by atoms with E-state index < -0.39 is 0 Å². The molecule has 0 aliphatic carbocycles. The minimum absolute atomic E-state index is 0.0855. The number of nitroso groups, excluding NO2 is 1. The Kier molecular flexibility index (Phi) is 7.30. The molecule has 0 fully saturated rings. The lowest BCUT2D eigenvalue weighted by Crippen LogP contribution is -2.26. The molecular weight excluding hydrogens is 370 g/mol. The first-order valence-electron chi connectivity index (χ1n) is 9.68. The number of aryl methyl sites for hydroxylation is 1. The van der Waals surface area contributed by atoms with Crippen molar-refractivity contribution >= 4 is 17.4 Å². The Labute approximate surface area is 171 Å². The number of nitrogens with zero attached hydrogens (tertiary/aromatic N) is 5. The maximum absolute atomic E-state index is 12.1. The highest BCUT2D eigenvalue weighted by atomic mass is 16.3. The normalized spacial score (nSPS) is 12.3. The molecule has 0 saturated carbocycles. The van der Waals surface area contributed by atoms with Crippen LogP contribution in [-0.2, 0) is 7.05 Å². The molecule has 158 valence electrons. The van der Waals surface area contributed by atoms with E-state index in [2.05, 4.69) is 46.7 Å². The molecule has 29 heavy (non-hydrogen) atoms. The van der Waals surface area contributed by atoms with Gasteiger partial charge in [-0.15, -0.1) is 4.91 Å². The van der Waals surface area contributed by atoms with Gasteiger partial charge >= 0.3 is 0 Å². The number of carbonyl (C=O) groups is 1. The van der Waals surface area contributed by atoms with Crippen LogP contribution >= 0.6 is 0 Å². The van der Waals surface area contributed by atoms with Crippen molar-refractivity contribution in [3.05, 3.63) is 41.0 Å². The fourth-order valence-corrected chi connectivity index (χ4v) is 2.69. The number of imidazole rings is 1. The van der Waals surface area contributed by atoms with Gasteiger partial charge in [0.2, 0.25) is 0 Å². The number of nitrogens with one attached hydrogen (secondary N) is 2. The molecule has 9 heteroatoms. The zero-order chi connectivity index (χ0) is 21.6. The molecule has 0 spiro atoms. The Hall–Kier alpha value is -2.97. The average molecular weight is 402 g/mol. The van der Waals surface area contributed by atoms with Gasteiger partial charge in [-0.05, 0) is 24.0 Å². The smallest absolute Gasteiger partial charge is 0.271 e. The third kappa shape index (κ3) is 6.55. The van der Waals surface area contributed by atoms with Crippen molar-refractivity contribution < 1.29 is 4.79 Å². The number of hydrogen-bond acceptors (Lipinski definition) is 6. The van der Waals surface area contributed by atoms with E-state index in [1.165, 1.54) is 5.01 Å². The summed E-state index contributed by atoms with van der Waals surface area (Å²) in [6.45, 7) is 9.66. The summed E-state index contributed by atoms with van der Waals surface area (Å²) in [4.78, 5) is 31.9. The number of rotatable bonds is 9. The third-order valence-corrected chi connectivity index (χ3v) is 4.44. The number of anilines is 2. The number of pyridine rings is 1. The zero-order valence-electron chi connectivity index (χ0n) is 18.1. The van der Waals surface area contributed by atoms with Crippen molar-refractivity contribution in [2.45, 2.75) is 40.0 Å². The second kappa shape index (κ2) is 9.49. The molecule has 0 aliphatic rings. The third-order valence-electron chi connectivity index (χ3n) is 4.44. The predicted octanol–water partition coefficient (Wildman–Crippen LogP) is 3.31. The highest BCUT2D eigenvalue weighted by Crippen LogP contribution is 2.28. The first kappa shape index (κ1) is 22.3. The molecular formula is C20H31N7O2. The summed E-state index contributed by atoms with van der Waals surface area (Å²) in [7, 11) is 3.40. The average Bonchev–Trinajstić information content (AvgIpc) is 3.11. The van der Waals surface area contributed by atoms with Crippen molar-refractivity contribution in [3.63, 3.8) is 0 Å². The first-order valence-corrected chi connectivity index (χ1v) is 9.68. The van der Waals surface area contributed by atoms with Gasteiger partial charge in [-0.2, -0.15) is 0 Å². The molecule has 2 heterocycles. The molecule has 1 amide bonds. The lowest BCUT2D eigenvalue weighted by atomic mass is 9.97. The van der Waals surface area contributed by atoms with Crippen molar-refractivity contribution in [2.24, 2.45) is 17.7 Å². The monoisotopic (exact) mass is 401 g/mol. The van der Waals surface area contributed by atoms with Gasteiger partial charge in [0.25, 0.3) is 5.91 Å². The van der Waals surface area contributed by atoms with Gasteiger partial charge in [-0.3, -0.25) is 4.79 Å². The van der Waals surface area contributed by atoms with Crippen LogP contribution in [0.1, 0.15) is 56.2 Å². The van der Waals surface area contributed by atoms with E-state index in [1.807, 2.05) is 26.1 Å². The number of carbonyl (C=O) groups excluding carboxylic acids is 1.